The number of carbonyl (C=O) groups is 2. The van der Waals surface area contributed by atoms with Crippen LogP contribution >= 0.6 is 23.4 Å². The topological polar surface area (TPSA) is 96.0 Å². The maximum Gasteiger partial charge on any atom is 0.264 e. The molecule has 0 aliphatic carbocycles. The van der Waals surface area contributed by atoms with Gasteiger partial charge in [0.1, 0.15) is 18.3 Å². The smallest absolute Gasteiger partial charge is 0.264 e. The third-order valence-electron chi connectivity index (χ3n) is 6.07. The average molecular weight is 590 g/mol. The molecule has 3 aromatic rings. The molecule has 2 amide bonds. The zero-order valence-corrected chi connectivity index (χ0v) is 24.6. The molecular formula is C28H32ClN3O5S2. The Morgan fingerprint density at radius 2 is 1.67 bits per heavy atom. The fourth-order valence-electron chi connectivity index (χ4n) is 3.88. The molecule has 3 rings (SSSR count). The number of nitrogens with one attached hydrogen (secondary N) is 1. The number of nitrogens with zero attached hydrogens (tertiary/aromatic N) is 2. The van der Waals surface area contributed by atoms with Gasteiger partial charge in [-0.15, -0.1) is 11.8 Å². The first-order valence-electron chi connectivity index (χ1n) is 12.3. The van der Waals surface area contributed by atoms with Crippen LogP contribution < -0.4 is 14.4 Å². The SMILES string of the molecule is CCOc1ccc(N(CC(=O)N(Cc2ccccc2Cl)[C@@H](C)C(=O)NC)S(=O)(=O)c2ccc(SC)cc2)cc1. The van der Waals surface area contributed by atoms with Gasteiger partial charge in [-0.05, 0) is 80.3 Å². The normalized spacial score (nSPS) is 11.9. The van der Waals surface area contributed by atoms with Crippen molar-refractivity contribution in [3.05, 3.63) is 83.4 Å². The molecule has 8 nitrogen and oxygen atoms in total. The summed E-state index contributed by atoms with van der Waals surface area (Å²) in [6.07, 6.45) is 1.90. The molecule has 0 fully saturated rings. The Morgan fingerprint density at radius 3 is 2.23 bits per heavy atom. The lowest BCUT2D eigenvalue weighted by molar-refractivity contribution is -0.139. The van der Waals surface area contributed by atoms with Gasteiger partial charge in [0.05, 0.1) is 17.2 Å². The van der Waals surface area contributed by atoms with Gasteiger partial charge in [0.2, 0.25) is 11.8 Å². The van der Waals surface area contributed by atoms with Crippen LogP contribution in [-0.2, 0) is 26.2 Å². The minimum Gasteiger partial charge on any atom is -0.494 e. The van der Waals surface area contributed by atoms with E-state index in [2.05, 4.69) is 5.32 Å². The third kappa shape index (κ3) is 7.46. The number of amides is 2. The van der Waals surface area contributed by atoms with E-state index in [1.54, 1.807) is 67.6 Å². The fourth-order valence-corrected chi connectivity index (χ4v) is 5.90. The van der Waals surface area contributed by atoms with E-state index in [0.717, 1.165) is 9.20 Å². The Balaban J connectivity index is 2.04. The summed E-state index contributed by atoms with van der Waals surface area (Å²) >= 11 is 7.84. The van der Waals surface area contributed by atoms with E-state index < -0.39 is 34.4 Å². The second-order valence-corrected chi connectivity index (χ2v) is 11.7. The maximum absolute atomic E-state index is 13.9. The van der Waals surface area contributed by atoms with Crippen LogP contribution in [0.25, 0.3) is 0 Å². The summed E-state index contributed by atoms with van der Waals surface area (Å²) in [6, 6.07) is 19.1. The molecule has 3 aromatic carbocycles. The van der Waals surface area contributed by atoms with E-state index in [1.165, 1.54) is 35.8 Å². The molecule has 0 heterocycles. The highest BCUT2D eigenvalue weighted by Crippen LogP contribution is 2.28. The van der Waals surface area contributed by atoms with Crippen LogP contribution in [0.15, 0.2) is 82.6 Å². The number of benzene rings is 3. The van der Waals surface area contributed by atoms with Gasteiger partial charge in [0.25, 0.3) is 10.0 Å². The molecule has 1 N–H and O–H groups in total. The lowest BCUT2D eigenvalue weighted by atomic mass is 10.1. The highest BCUT2D eigenvalue weighted by Gasteiger charge is 2.32. The van der Waals surface area contributed by atoms with E-state index in [-0.39, 0.29) is 17.1 Å². The second-order valence-electron chi connectivity index (χ2n) is 8.52. The molecule has 0 aliphatic rings. The summed E-state index contributed by atoms with van der Waals surface area (Å²) < 4.78 is 34.3. The fraction of sp³-hybridized carbons (Fsp3) is 0.286. The van der Waals surface area contributed by atoms with Gasteiger partial charge in [-0.25, -0.2) is 8.42 Å². The summed E-state index contributed by atoms with van der Waals surface area (Å²) in [5.41, 5.74) is 0.914. The predicted octanol–water partition coefficient (Wildman–Crippen LogP) is 4.82. The number of halogens is 1. The molecule has 0 spiro atoms. The van der Waals surface area contributed by atoms with Gasteiger partial charge in [-0.1, -0.05) is 29.8 Å². The van der Waals surface area contributed by atoms with Crippen molar-refractivity contribution in [1.29, 1.82) is 0 Å². The Bertz CT molecular complexity index is 1380. The number of hydrogen-bond donors (Lipinski definition) is 1. The van der Waals surface area contributed by atoms with Crippen LogP contribution in [0.3, 0.4) is 0 Å². The Morgan fingerprint density at radius 1 is 1.03 bits per heavy atom. The summed E-state index contributed by atoms with van der Waals surface area (Å²) in [5.74, 6) is -0.384. The Kier molecular flexibility index (Phi) is 10.7. The van der Waals surface area contributed by atoms with Gasteiger partial charge in [0.15, 0.2) is 0 Å². The Hall–Kier alpha value is -3.21. The zero-order valence-electron chi connectivity index (χ0n) is 22.3. The van der Waals surface area contributed by atoms with Crippen molar-refractivity contribution in [3.8, 4) is 5.75 Å². The van der Waals surface area contributed by atoms with Crippen LogP contribution in [0, 0.1) is 0 Å². The number of anilines is 1. The van der Waals surface area contributed by atoms with Crippen molar-refractivity contribution in [2.24, 2.45) is 0 Å². The highest BCUT2D eigenvalue weighted by molar-refractivity contribution is 7.98. The van der Waals surface area contributed by atoms with Crippen LogP contribution in [-0.4, -0.2) is 57.6 Å². The molecular weight excluding hydrogens is 558 g/mol. The van der Waals surface area contributed by atoms with Crippen LogP contribution in [0.4, 0.5) is 5.69 Å². The van der Waals surface area contributed by atoms with Crippen molar-refractivity contribution in [2.45, 2.75) is 36.2 Å². The predicted molar refractivity (Wildman–Crippen MR) is 156 cm³/mol. The van der Waals surface area contributed by atoms with Gasteiger partial charge >= 0.3 is 0 Å². The molecule has 208 valence electrons. The third-order valence-corrected chi connectivity index (χ3v) is 8.97. The van der Waals surface area contributed by atoms with Gasteiger partial charge in [-0.2, -0.15) is 0 Å². The van der Waals surface area contributed by atoms with E-state index in [1.807, 2.05) is 13.2 Å². The van der Waals surface area contributed by atoms with Crippen LogP contribution in [0.2, 0.25) is 5.02 Å². The van der Waals surface area contributed by atoms with Gasteiger partial charge in [0, 0.05) is 23.5 Å². The van der Waals surface area contributed by atoms with E-state index in [9.17, 15) is 18.0 Å². The number of ether oxygens (including phenoxy) is 1. The largest absolute Gasteiger partial charge is 0.494 e. The molecule has 0 saturated carbocycles. The molecule has 1 atom stereocenters. The average Bonchev–Trinajstić information content (AvgIpc) is 2.95. The minimum atomic E-state index is -4.16. The number of thioether (sulfide) groups is 1. The number of carbonyl (C=O) groups excluding carboxylic acids is 2. The lowest BCUT2D eigenvalue weighted by Gasteiger charge is -2.32. The first-order valence-corrected chi connectivity index (χ1v) is 15.3. The summed E-state index contributed by atoms with van der Waals surface area (Å²) in [6.45, 7) is 3.38. The summed E-state index contributed by atoms with van der Waals surface area (Å²) in [7, 11) is -2.68. The first-order chi connectivity index (χ1) is 18.6. The van der Waals surface area contributed by atoms with Crippen LogP contribution in [0.5, 0.6) is 5.75 Å². The molecule has 0 aliphatic heterocycles. The van der Waals surface area contributed by atoms with Gasteiger partial charge in [-0.3, -0.25) is 13.9 Å². The summed E-state index contributed by atoms with van der Waals surface area (Å²) in [4.78, 5) is 28.7. The molecule has 0 radical (unpaired) electrons. The van der Waals surface area contributed by atoms with Crippen molar-refractivity contribution in [3.63, 3.8) is 0 Å². The number of hydrogen-bond acceptors (Lipinski definition) is 6. The summed E-state index contributed by atoms with van der Waals surface area (Å²) in [5, 5.41) is 2.99. The monoisotopic (exact) mass is 589 g/mol. The van der Waals surface area contributed by atoms with Crippen molar-refractivity contribution in [1.82, 2.24) is 10.2 Å². The highest BCUT2D eigenvalue weighted by atomic mass is 35.5. The number of sulfonamides is 1. The standard InChI is InChI=1S/C28H32ClN3O5S2/c1-5-37-23-12-10-22(11-13-23)32(39(35,36)25-16-14-24(38-4)15-17-25)19-27(33)31(20(2)28(34)30-3)18-21-8-6-7-9-26(21)29/h6-17,20H,5,18-19H2,1-4H3,(H,30,34)/t20-/m0/s1. The molecule has 11 heteroatoms. The van der Waals surface area contributed by atoms with Crippen molar-refractivity contribution in [2.75, 3.05) is 30.8 Å². The number of likely N-dealkylation sites (N-methyl/N-ethyl adjacent to an activating group) is 1. The van der Waals surface area contributed by atoms with E-state index >= 15 is 0 Å². The van der Waals surface area contributed by atoms with Crippen molar-refractivity contribution >= 4 is 50.9 Å². The molecule has 0 unspecified atom stereocenters. The Labute approximate surface area is 239 Å². The van der Waals surface area contributed by atoms with Crippen molar-refractivity contribution < 1.29 is 22.7 Å². The second kappa shape index (κ2) is 13.7. The quantitative estimate of drug-likeness (QED) is 0.304. The molecule has 0 bridgehead atoms. The lowest BCUT2D eigenvalue weighted by Crippen LogP contribution is -2.50. The van der Waals surface area contributed by atoms with E-state index in [0.29, 0.717) is 22.9 Å². The van der Waals surface area contributed by atoms with Gasteiger partial charge < -0.3 is 15.0 Å². The maximum atomic E-state index is 13.9. The van der Waals surface area contributed by atoms with Crippen LogP contribution in [0.1, 0.15) is 19.4 Å². The molecule has 0 aromatic heterocycles. The zero-order chi connectivity index (χ0) is 28.6. The first kappa shape index (κ1) is 30.3. The number of rotatable bonds is 12. The molecule has 0 saturated heterocycles. The molecule has 39 heavy (non-hydrogen) atoms. The minimum absolute atomic E-state index is 0.0205. The van der Waals surface area contributed by atoms with E-state index in [4.69, 9.17) is 16.3 Å².